The van der Waals surface area contributed by atoms with Gasteiger partial charge in [-0.05, 0) is 13.8 Å². The molecule has 2 rings (SSSR count). The third kappa shape index (κ3) is 4.45. The zero-order valence-electron chi connectivity index (χ0n) is 14.7. The van der Waals surface area contributed by atoms with Crippen LogP contribution >= 0.6 is 0 Å². The summed E-state index contributed by atoms with van der Waals surface area (Å²) < 4.78 is 10.6. The number of benzene rings is 1. The van der Waals surface area contributed by atoms with E-state index >= 15 is 0 Å². The first-order valence-corrected chi connectivity index (χ1v) is 8.00. The minimum Gasteiger partial charge on any atom is -0.411 e. The summed E-state index contributed by atoms with van der Waals surface area (Å²) in [6.07, 6.45) is 5.82. The largest absolute Gasteiger partial charge is 0.411 e. The van der Waals surface area contributed by atoms with Crippen molar-refractivity contribution in [1.29, 1.82) is 0 Å². The number of ketones is 1. The first kappa shape index (κ1) is 19.1. The van der Waals surface area contributed by atoms with Crippen LogP contribution in [0.5, 0.6) is 0 Å². The van der Waals surface area contributed by atoms with Crippen LogP contribution in [0.1, 0.15) is 24.2 Å². The Morgan fingerprint density at radius 2 is 1.35 bits per heavy atom. The predicted molar refractivity (Wildman–Crippen MR) is 97.1 cm³/mol. The van der Waals surface area contributed by atoms with E-state index in [0.29, 0.717) is 5.56 Å². The van der Waals surface area contributed by atoms with Gasteiger partial charge in [0.2, 0.25) is 0 Å². The monoisotopic (exact) mass is 352 g/mol. The van der Waals surface area contributed by atoms with Crippen molar-refractivity contribution in [3.05, 3.63) is 84.5 Å². The first-order chi connectivity index (χ1) is 12.2. The maximum atomic E-state index is 12.5. The number of allylic oxidation sites excluding steroid dienone is 2. The van der Waals surface area contributed by atoms with Crippen molar-refractivity contribution in [1.82, 2.24) is 0 Å². The Balaban J connectivity index is 2.26. The van der Waals surface area contributed by atoms with Gasteiger partial charge in [-0.1, -0.05) is 55.6 Å². The molecule has 5 nitrogen and oxygen atoms in total. The Bertz CT molecular complexity index is 770. The summed E-state index contributed by atoms with van der Waals surface area (Å²) in [5.74, 6) is -3.86. The van der Waals surface area contributed by atoms with Crippen LogP contribution in [0.15, 0.2) is 78.9 Å². The number of hydrogen-bond acceptors (Lipinski definition) is 5. The standard InChI is InChI=1S/C21H20O5/c1-14(2)19(23)25-21(26-20(24)15(3)4)12-10-17(11-13-21)18(22)16-8-6-5-7-9-16/h5-13,17H,1,3H2,2,4H3. The van der Waals surface area contributed by atoms with Gasteiger partial charge in [0.05, 0.1) is 5.92 Å². The maximum Gasteiger partial charge on any atom is 0.336 e. The van der Waals surface area contributed by atoms with Gasteiger partial charge < -0.3 is 9.47 Å². The van der Waals surface area contributed by atoms with E-state index in [2.05, 4.69) is 13.2 Å². The molecule has 1 aliphatic rings. The molecule has 0 fully saturated rings. The van der Waals surface area contributed by atoms with Crippen molar-refractivity contribution in [3.63, 3.8) is 0 Å². The van der Waals surface area contributed by atoms with Gasteiger partial charge in [0.25, 0.3) is 5.79 Å². The lowest BCUT2D eigenvalue weighted by Crippen LogP contribution is -2.38. The van der Waals surface area contributed by atoms with E-state index in [1.165, 1.54) is 38.2 Å². The van der Waals surface area contributed by atoms with Crippen molar-refractivity contribution in [2.75, 3.05) is 0 Å². The molecule has 0 unspecified atom stereocenters. The lowest BCUT2D eigenvalue weighted by atomic mass is 9.92. The van der Waals surface area contributed by atoms with Gasteiger partial charge in [0.15, 0.2) is 5.78 Å². The summed E-state index contributed by atoms with van der Waals surface area (Å²) >= 11 is 0. The molecule has 1 aromatic carbocycles. The average Bonchev–Trinajstić information content (AvgIpc) is 2.62. The highest BCUT2D eigenvalue weighted by molar-refractivity contribution is 6.00. The van der Waals surface area contributed by atoms with Crippen molar-refractivity contribution < 1.29 is 23.9 Å². The van der Waals surface area contributed by atoms with E-state index in [9.17, 15) is 14.4 Å². The molecule has 0 saturated heterocycles. The Kier molecular flexibility index (Phi) is 5.72. The molecule has 1 aromatic rings. The van der Waals surface area contributed by atoms with Crippen LogP contribution in [0, 0.1) is 5.92 Å². The minimum absolute atomic E-state index is 0.121. The SMILES string of the molecule is C=C(C)C(=O)OC1(OC(=O)C(=C)C)C=CC(C(=O)c2ccccc2)C=C1. The molecular weight excluding hydrogens is 332 g/mol. The smallest absolute Gasteiger partial charge is 0.336 e. The Morgan fingerprint density at radius 3 is 1.77 bits per heavy atom. The first-order valence-electron chi connectivity index (χ1n) is 8.00. The van der Waals surface area contributed by atoms with Gasteiger partial charge in [-0.15, -0.1) is 0 Å². The summed E-state index contributed by atoms with van der Waals surface area (Å²) in [4.78, 5) is 36.4. The van der Waals surface area contributed by atoms with Gasteiger partial charge in [0, 0.05) is 28.9 Å². The second kappa shape index (κ2) is 7.78. The molecule has 134 valence electrons. The second-order valence-electron chi connectivity index (χ2n) is 6.04. The van der Waals surface area contributed by atoms with Crippen LogP contribution in [0.3, 0.4) is 0 Å². The maximum absolute atomic E-state index is 12.5. The quantitative estimate of drug-likeness (QED) is 0.257. The fourth-order valence-corrected chi connectivity index (χ4v) is 2.19. The summed E-state index contributed by atoms with van der Waals surface area (Å²) in [5.41, 5.74) is 0.859. The molecule has 0 heterocycles. The number of Topliss-reactive ketones (excluding diaryl/α,β-unsaturated/α-hetero) is 1. The Labute approximate surface area is 152 Å². The van der Waals surface area contributed by atoms with Gasteiger partial charge in [-0.2, -0.15) is 0 Å². The fraction of sp³-hybridized carbons (Fsp3) is 0.190. The molecule has 0 bridgehead atoms. The molecule has 0 aromatic heterocycles. The summed E-state index contributed by atoms with van der Waals surface area (Å²) in [5, 5.41) is 0. The molecule has 26 heavy (non-hydrogen) atoms. The number of carbonyl (C=O) groups is 3. The lowest BCUT2D eigenvalue weighted by molar-refractivity contribution is -0.192. The molecule has 0 spiro atoms. The van der Waals surface area contributed by atoms with E-state index < -0.39 is 23.6 Å². The number of rotatable bonds is 6. The molecule has 5 heteroatoms. The van der Waals surface area contributed by atoms with Crippen LogP contribution in [0.25, 0.3) is 0 Å². The highest BCUT2D eigenvalue weighted by Gasteiger charge is 2.37. The molecular formula is C21H20O5. The predicted octanol–water partition coefficient (Wildman–Crippen LogP) is 3.55. The van der Waals surface area contributed by atoms with Crippen LogP contribution < -0.4 is 0 Å². The van der Waals surface area contributed by atoms with Crippen molar-refractivity contribution in [2.24, 2.45) is 5.92 Å². The summed E-state index contributed by atoms with van der Waals surface area (Å²) in [6, 6.07) is 8.80. The molecule has 1 aliphatic carbocycles. The average molecular weight is 352 g/mol. The van der Waals surface area contributed by atoms with Gasteiger partial charge in [-0.25, -0.2) is 9.59 Å². The zero-order chi connectivity index (χ0) is 19.3. The second-order valence-corrected chi connectivity index (χ2v) is 6.04. The normalized spacial score (nSPS) is 15.2. The van der Waals surface area contributed by atoms with Crippen molar-refractivity contribution in [3.8, 4) is 0 Å². The number of ether oxygens (including phenoxy) is 2. The molecule has 0 aliphatic heterocycles. The number of carbonyl (C=O) groups excluding carboxylic acids is 3. The van der Waals surface area contributed by atoms with Gasteiger partial charge >= 0.3 is 11.9 Å². The van der Waals surface area contributed by atoms with Crippen molar-refractivity contribution >= 4 is 17.7 Å². The highest BCUT2D eigenvalue weighted by Crippen LogP contribution is 2.28. The van der Waals surface area contributed by atoms with Crippen LogP contribution in [0.2, 0.25) is 0 Å². The van der Waals surface area contributed by atoms with Crippen LogP contribution in [-0.4, -0.2) is 23.5 Å². The molecule has 0 amide bonds. The topological polar surface area (TPSA) is 69.7 Å². The molecule has 0 N–H and O–H groups in total. The van der Waals surface area contributed by atoms with Gasteiger partial charge in [0.1, 0.15) is 0 Å². The third-order valence-corrected chi connectivity index (χ3v) is 3.63. The third-order valence-electron chi connectivity index (χ3n) is 3.63. The highest BCUT2D eigenvalue weighted by atomic mass is 16.7. The van der Waals surface area contributed by atoms with E-state index in [0.717, 1.165) is 0 Å². The van der Waals surface area contributed by atoms with E-state index in [1.807, 2.05) is 6.07 Å². The molecule has 0 radical (unpaired) electrons. The molecule has 0 saturated carbocycles. The number of hydrogen-bond donors (Lipinski definition) is 0. The minimum atomic E-state index is -1.74. The lowest BCUT2D eigenvalue weighted by Gasteiger charge is -2.30. The van der Waals surface area contributed by atoms with Gasteiger partial charge in [-0.3, -0.25) is 4.79 Å². The van der Waals surface area contributed by atoms with E-state index in [1.54, 1.807) is 24.3 Å². The fourth-order valence-electron chi connectivity index (χ4n) is 2.19. The molecule has 0 atom stereocenters. The van der Waals surface area contributed by atoms with Crippen molar-refractivity contribution in [2.45, 2.75) is 19.6 Å². The Hall–Kier alpha value is -3.21. The Morgan fingerprint density at radius 1 is 0.885 bits per heavy atom. The zero-order valence-corrected chi connectivity index (χ0v) is 14.7. The van der Waals surface area contributed by atoms with E-state index in [-0.39, 0.29) is 16.9 Å². The van der Waals surface area contributed by atoms with Crippen LogP contribution in [0.4, 0.5) is 0 Å². The number of esters is 2. The summed E-state index contributed by atoms with van der Waals surface area (Å²) in [6.45, 7) is 9.99. The van der Waals surface area contributed by atoms with Crippen LogP contribution in [-0.2, 0) is 19.1 Å². The van der Waals surface area contributed by atoms with E-state index in [4.69, 9.17) is 9.47 Å². The summed E-state index contributed by atoms with van der Waals surface area (Å²) in [7, 11) is 0.